The van der Waals surface area contributed by atoms with Crippen molar-refractivity contribution in [3.8, 4) is 10.6 Å². The Morgan fingerprint density at radius 1 is 1.14 bits per heavy atom. The summed E-state index contributed by atoms with van der Waals surface area (Å²) in [7, 11) is 0. The van der Waals surface area contributed by atoms with E-state index >= 15 is 0 Å². The summed E-state index contributed by atoms with van der Waals surface area (Å²) >= 11 is 1.15. The number of thiazole rings is 1. The minimum Gasteiger partial charge on any atom is -0.451 e. The van der Waals surface area contributed by atoms with Gasteiger partial charge in [-0.3, -0.25) is 4.79 Å². The number of hydrogen-bond donors (Lipinski definition) is 1. The van der Waals surface area contributed by atoms with E-state index in [9.17, 15) is 14.0 Å². The maximum absolute atomic E-state index is 13.1. The molecule has 0 saturated heterocycles. The smallest absolute Gasteiger partial charge is 0.350 e. The minimum atomic E-state index is -0.606. The zero-order valence-corrected chi connectivity index (χ0v) is 16.3. The van der Waals surface area contributed by atoms with E-state index in [2.05, 4.69) is 10.3 Å². The summed E-state index contributed by atoms with van der Waals surface area (Å²) in [4.78, 5) is 29.1. The average Bonchev–Trinajstić information content (AvgIpc) is 3.09. The van der Waals surface area contributed by atoms with Crippen molar-refractivity contribution >= 4 is 23.2 Å². The van der Waals surface area contributed by atoms with Gasteiger partial charge in [0.2, 0.25) is 0 Å². The number of benzene rings is 2. The molecular formula is C21H19FN2O3S. The molecule has 0 saturated carbocycles. The Kier molecular flexibility index (Phi) is 6.16. The molecule has 1 atom stereocenters. The van der Waals surface area contributed by atoms with Crippen LogP contribution in [-0.2, 0) is 9.53 Å². The fourth-order valence-corrected chi connectivity index (χ4v) is 3.57. The van der Waals surface area contributed by atoms with Crippen molar-refractivity contribution in [3.63, 3.8) is 0 Å². The average molecular weight is 398 g/mol. The summed E-state index contributed by atoms with van der Waals surface area (Å²) in [5.41, 5.74) is 2.18. The first-order chi connectivity index (χ1) is 13.4. The Bertz CT molecular complexity index is 971. The quantitative estimate of drug-likeness (QED) is 0.629. The number of halogens is 1. The number of ether oxygens (including phenoxy) is 1. The standard InChI is InChI=1S/C21H19FN2O3S/c1-13(15-6-4-3-5-7-15)23-18(25)12-27-21(26)19-14(2)24-20(28-19)16-8-10-17(22)11-9-16/h3-11,13H,12H2,1-2H3,(H,23,25)/t13-/m1/s1. The second-order valence-corrected chi connectivity index (χ2v) is 7.22. The molecule has 144 valence electrons. The van der Waals surface area contributed by atoms with Crippen LogP contribution in [0.3, 0.4) is 0 Å². The highest BCUT2D eigenvalue weighted by molar-refractivity contribution is 7.17. The Morgan fingerprint density at radius 2 is 1.82 bits per heavy atom. The van der Waals surface area contributed by atoms with Gasteiger partial charge in [0.25, 0.3) is 5.91 Å². The number of nitrogens with one attached hydrogen (secondary N) is 1. The highest BCUT2D eigenvalue weighted by Gasteiger charge is 2.19. The minimum absolute atomic E-state index is 0.192. The SMILES string of the molecule is Cc1nc(-c2ccc(F)cc2)sc1C(=O)OCC(=O)N[C@H](C)c1ccccc1. The number of nitrogens with zero attached hydrogens (tertiary/aromatic N) is 1. The molecule has 7 heteroatoms. The van der Waals surface area contributed by atoms with Gasteiger partial charge in [-0.15, -0.1) is 11.3 Å². The first-order valence-corrected chi connectivity index (χ1v) is 9.50. The molecule has 0 radical (unpaired) electrons. The third kappa shape index (κ3) is 4.80. The Labute approximate surface area is 166 Å². The zero-order valence-electron chi connectivity index (χ0n) is 15.4. The van der Waals surface area contributed by atoms with Crippen LogP contribution in [0.4, 0.5) is 4.39 Å². The third-order valence-corrected chi connectivity index (χ3v) is 5.27. The van der Waals surface area contributed by atoms with E-state index in [1.807, 2.05) is 37.3 Å². The molecule has 0 spiro atoms. The molecule has 3 rings (SSSR count). The maximum Gasteiger partial charge on any atom is 0.350 e. The van der Waals surface area contributed by atoms with E-state index in [0.29, 0.717) is 21.1 Å². The fraction of sp³-hybridized carbons (Fsp3) is 0.190. The highest BCUT2D eigenvalue weighted by atomic mass is 32.1. The number of aromatic nitrogens is 1. The van der Waals surface area contributed by atoms with E-state index in [0.717, 1.165) is 16.9 Å². The van der Waals surface area contributed by atoms with E-state index in [-0.39, 0.29) is 24.4 Å². The molecule has 0 aliphatic carbocycles. The van der Waals surface area contributed by atoms with Gasteiger partial charge in [0.1, 0.15) is 15.7 Å². The van der Waals surface area contributed by atoms with Crippen molar-refractivity contribution in [2.24, 2.45) is 0 Å². The molecule has 0 aliphatic heterocycles. The summed E-state index contributed by atoms with van der Waals surface area (Å²) in [6.07, 6.45) is 0. The fourth-order valence-electron chi connectivity index (χ4n) is 2.61. The molecule has 1 aromatic heterocycles. The molecule has 1 N–H and O–H groups in total. The van der Waals surface area contributed by atoms with Crippen LogP contribution in [0.1, 0.15) is 33.9 Å². The lowest BCUT2D eigenvalue weighted by molar-refractivity contribution is -0.124. The Balaban J connectivity index is 1.59. The lowest BCUT2D eigenvalue weighted by Gasteiger charge is -2.14. The third-order valence-electron chi connectivity index (χ3n) is 4.08. The van der Waals surface area contributed by atoms with Gasteiger partial charge < -0.3 is 10.1 Å². The summed E-state index contributed by atoms with van der Waals surface area (Å²) in [5.74, 6) is -1.33. The van der Waals surface area contributed by atoms with Crippen molar-refractivity contribution in [1.82, 2.24) is 10.3 Å². The molecule has 0 aliphatic rings. The lowest BCUT2D eigenvalue weighted by Crippen LogP contribution is -2.31. The molecule has 0 fully saturated rings. The number of rotatable bonds is 6. The van der Waals surface area contributed by atoms with Crippen LogP contribution in [0.25, 0.3) is 10.6 Å². The highest BCUT2D eigenvalue weighted by Crippen LogP contribution is 2.28. The van der Waals surface area contributed by atoms with Gasteiger partial charge in [-0.2, -0.15) is 0 Å². The van der Waals surface area contributed by atoms with Gasteiger partial charge >= 0.3 is 5.97 Å². The molecular weight excluding hydrogens is 379 g/mol. The molecule has 3 aromatic rings. The van der Waals surface area contributed by atoms with E-state index < -0.39 is 5.97 Å². The summed E-state index contributed by atoms with van der Waals surface area (Å²) in [6, 6.07) is 15.2. The van der Waals surface area contributed by atoms with Crippen molar-refractivity contribution in [3.05, 3.63) is 76.5 Å². The van der Waals surface area contributed by atoms with Crippen molar-refractivity contribution in [2.45, 2.75) is 19.9 Å². The number of aryl methyl sites for hydroxylation is 1. The molecule has 0 unspecified atom stereocenters. The van der Waals surface area contributed by atoms with Crippen LogP contribution in [-0.4, -0.2) is 23.5 Å². The second kappa shape index (κ2) is 8.75. The molecule has 5 nitrogen and oxygen atoms in total. The maximum atomic E-state index is 13.1. The van der Waals surface area contributed by atoms with Gasteiger partial charge in [0.05, 0.1) is 11.7 Å². The summed E-state index contributed by atoms with van der Waals surface area (Å²) < 4.78 is 18.2. The van der Waals surface area contributed by atoms with Crippen LogP contribution in [0, 0.1) is 12.7 Å². The van der Waals surface area contributed by atoms with Gasteiger partial charge in [-0.1, -0.05) is 30.3 Å². The van der Waals surface area contributed by atoms with E-state index in [1.54, 1.807) is 19.1 Å². The largest absolute Gasteiger partial charge is 0.451 e. The Hall–Kier alpha value is -3.06. The van der Waals surface area contributed by atoms with E-state index in [1.165, 1.54) is 12.1 Å². The Morgan fingerprint density at radius 3 is 2.50 bits per heavy atom. The number of hydrogen-bond acceptors (Lipinski definition) is 5. The number of esters is 1. The second-order valence-electron chi connectivity index (χ2n) is 6.22. The van der Waals surface area contributed by atoms with Crippen LogP contribution in [0.2, 0.25) is 0 Å². The predicted molar refractivity (Wildman–Crippen MR) is 106 cm³/mol. The van der Waals surface area contributed by atoms with Crippen LogP contribution in [0.15, 0.2) is 54.6 Å². The summed E-state index contributed by atoms with van der Waals surface area (Å²) in [5, 5.41) is 3.38. The van der Waals surface area contributed by atoms with Gasteiger partial charge in [0, 0.05) is 5.56 Å². The lowest BCUT2D eigenvalue weighted by atomic mass is 10.1. The van der Waals surface area contributed by atoms with E-state index in [4.69, 9.17) is 4.74 Å². The first-order valence-electron chi connectivity index (χ1n) is 8.69. The van der Waals surface area contributed by atoms with Crippen molar-refractivity contribution in [2.75, 3.05) is 6.61 Å². The predicted octanol–water partition coefficient (Wildman–Crippen LogP) is 4.29. The molecule has 0 bridgehead atoms. The summed E-state index contributed by atoms with van der Waals surface area (Å²) in [6.45, 7) is 3.17. The molecule has 1 heterocycles. The molecule has 2 aromatic carbocycles. The topological polar surface area (TPSA) is 68.3 Å². The molecule has 1 amide bonds. The monoisotopic (exact) mass is 398 g/mol. The zero-order chi connectivity index (χ0) is 20.1. The normalized spacial score (nSPS) is 11.7. The van der Waals surface area contributed by atoms with Crippen molar-refractivity contribution < 1.29 is 18.7 Å². The number of carbonyl (C=O) groups is 2. The van der Waals surface area contributed by atoms with Crippen LogP contribution in [0.5, 0.6) is 0 Å². The van der Waals surface area contributed by atoms with Gasteiger partial charge in [-0.25, -0.2) is 14.2 Å². The van der Waals surface area contributed by atoms with Gasteiger partial charge in [-0.05, 0) is 43.7 Å². The molecule has 28 heavy (non-hydrogen) atoms. The number of carbonyl (C=O) groups excluding carboxylic acids is 2. The van der Waals surface area contributed by atoms with Crippen molar-refractivity contribution in [1.29, 1.82) is 0 Å². The van der Waals surface area contributed by atoms with Crippen LogP contribution < -0.4 is 5.32 Å². The number of amides is 1. The first kappa shape index (κ1) is 19.7. The van der Waals surface area contributed by atoms with Gasteiger partial charge in [0.15, 0.2) is 6.61 Å². The van der Waals surface area contributed by atoms with Crippen LogP contribution >= 0.6 is 11.3 Å².